The summed E-state index contributed by atoms with van der Waals surface area (Å²) in [5, 5.41) is 19.1. The van der Waals surface area contributed by atoms with Crippen molar-refractivity contribution >= 4 is 15.7 Å². The zero-order valence-corrected chi connectivity index (χ0v) is 14.4. The van der Waals surface area contributed by atoms with Crippen molar-refractivity contribution in [2.75, 3.05) is 20.3 Å². The van der Waals surface area contributed by atoms with Gasteiger partial charge in [-0.1, -0.05) is 13.8 Å². The maximum Gasteiger partial charge on any atom is 0.269 e. The smallest absolute Gasteiger partial charge is 0.269 e. The van der Waals surface area contributed by atoms with Gasteiger partial charge in [-0.25, -0.2) is 13.1 Å². The molecule has 1 heterocycles. The third kappa shape index (κ3) is 8.03. The molecule has 1 aliphatic rings. The number of ether oxygens (including phenoxy) is 1. The number of aliphatic hydroxyl groups excluding tert-OH is 1. The highest BCUT2D eigenvalue weighted by atomic mass is 32.2. The van der Waals surface area contributed by atoms with E-state index in [1.165, 1.54) is 19.2 Å². The van der Waals surface area contributed by atoms with E-state index in [0.29, 0.717) is 0 Å². The molecule has 1 fully saturated rings. The monoisotopic (exact) mass is 348 g/mol. The third-order valence-electron chi connectivity index (χ3n) is 2.82. The number of nitro groups is 1. The number of non-ortho nitro benzene ring substituents is 1. The molecule has 0 bridgehead atoms. The number of nitro benzene ring substituents is 1. The van der Waals surface area contributed by atoms with Crippen LogP contribution >= 0.6 is 0 Å². The van der Waals surface area contributed by atoms with E-state index >= 15 is 0 Å². The fraction of sp³-hybridized carbons (Fsp3) is 0.571. The first-order valence-corrected chi connectivity index (χ1v) is 8.79. The molecule has 1 saturated heterocycles. The van der Waals surface area contributed by atoms with Crippen molar-refractivity contribution in [1.29, 1.82) is 0 Å². The minimum absolute atomic E-state index is 0.00519. The van der Waals surface area contributed by atoms with Crippen LogP contribution in [0.1, 0.15) is 26.7 Å². The predicted octanol–water partition coefficient (Wildman–Crippen LogP) is 1.69. The summed E-state index contributed by atoms with van der Waals surface area (Å²) in [6.07, 6.45) is 1.55. The molecule has 0 saturated carbocycles. The molecule has 0 unspecified atom stereocenters. The Labute approximate surface area is 136 Å². The first kappa shape index (κ1) is 21.4. The fourth-order valence-corrected chi connectivity index (χ4v) is 2.28. The second-order valence-corrected chi connectivity index (χ2v) is 6.19. The van der Waals surface area contributed by atoms with Crippen molar-refractivity contribution in [3.05, 3.63) is 34.4 Å². The molecule has 0 aromatic heterocycles. The minimum Gasteiger partial charge on any atom is -0.393 e. The molecule has 132 valence electrons. The van der Waals surface area contributed by atoms with E-state index in [-0.39, 0.29) is 16.7 Å². The molecule has 0 atom stereocenters. The van der Waals surface area contributed by atoms with Gasteiger partial charge in [-0.2, -0.15) is 0 Å². The first-order chi connectivity index (χ1) is 10.9. The van der Waals surface area contributed by atoms with E-state index in [1.807, 2.05) is 13.8 Å². The van der Waals surface area contributed by atoms with Gasteiger partial charge in [0.05, 0.1) is 15.9 Å². The average molecular weight is 348 g/mol. The van der Waals surface area contributed by atoms with Crippen molar-refractivity contribution < 1.29 is 23.2 Å². The highest BCUT2D eigenvalue weighted by Crippen LogP contribution is 2.15. The maximum atomic E-state index is 11.2. The van der Waals surface area contributed by atoms with E-state index < -0.39 is 14.9 Å². The van der Waals surface area contributed by atoms with Gasteiger partial charge in [0.2, 0.25) is 10.0 Å². The van der Waals surface area contributed by atoms with Gasteiger partial charge in [-0.15, -0.1) is 0 Å². The summed E-state index contributed by atoms with van der Waals surface area (Å²) in [4.78, 5) is 9.69. The average Bonchev–Trinajstić information content (AvgIpc) is 2.58. The van der Waals surface area contributed by atoms with Crippen LogP contribution < -0.4 is 4.72 Å². The van der Waals surface area contributed by atoms with Gasteiger partial charge >= 0.3 is 0 Å². The number of benzene rings is 1. The Morgan fingerprint density at radius 3 is 2.00 bits per heavy atom. The van der Waals surface area contributed by atoms with Crippen LogP contribution in [0.2, 0.25) is 0 Å². The standard InChI is InChI=1S/C7H8N2O4S.C5H10O2.C2H6/c1-8-14(12,13)7-4-2-6(3-5-7)9(10)11;6-5-1-3-7-4-2-5;1-2/h2-5,8H,1H3;5-6H,1-4H2;1-2H3. The van der Waals surface area contributed by atoms with Crippen LogP contribution in [0.25, 0.3) is 0 Å². The third-order valence-corrected chi connectivity index (χ3v) is 4.25. The van der Waals surface area contributed by atoms with Crippen LogP contribution in [0.5, 0.6) is 0 Å². The molecule has 2 N–H and O–H groups in total. The highest BCUT2D eigenvalue weighted by Gasteiger charge is 2.12. The molecular formula is C14H24N2O6S. The Bertz CT molecular complexity index is 553. The summed E-state index contributed by atoms with van der Waals surface area (Å²) in [5.41, 5.74) is -0.139. The van der Waals surface area contributed by atoms with Crippen LogP contribution in [0.4, 0.5) is 5.69 Å². The zero-order valence-electron chi connectivity index (χ0n) is 13.6. The Hall–Kier alpha value is -1.55. The topological polar surface area (TPSA) is 119 Å². The lowest BCUT2D eigenvalue weighted by Gasteiger charge is -2.15. The van der Waals surface area contributed by atoms with Gasteiger partial charge in [0.1, 0.15) is 0 Å². The van der Waals surface area contributed by atoms with Gasteiger partial charge in [0.25, 0.3) is 5.69 Å². The van der Waals surface area contributed by atoms with Gasteiger partial charge in [0.15, 0.2) is 0 Å². The van der Waals surface area contributed by atoms with Crippen LogP contribution in [-0.2, 0) is 14.8 Å². The summed E-state index contributed by atoms with van der Waals surface area (Å²) in [6.45, 7) is 5.47. The van der Waals surface area contributed by atoms with Crippen molar-refractivity contribution in [2.24, 2.45) is 0 Å². The van der Waals surface area contributed by atoms with E-state index in [1.54, 1.807) is 0 Å². The number of hydrogen-bond acceptors (Lipinski definition) is 6. The number of nitrogens with one attached hydrogen (secondary N) is 1. The normalized spacial score (nSPS) is 14.8. The van der Waals surface area contributed by atoms with Crippen molar-refractivity contribution in [3.8, 4) is 0 Å². The summed E-state index contributed by atoms with van der Waals surface area (Å²) in [5.74, 6) is 0. The maximum absolute atomic E-state index is 11.2. The Morgan fingerprint density at radius 1 is 1.22 bits per heavy atom. The SMILES string of the molecule is CC.CNS(=O)(=O)c1ccc([N+](=O)[O-])cc1.OC1CCOCC1. The van der Waals surface area contributed by atoms with Crippen molar-refractivity contribution in [3.63, 3.8) is 0 Å². The van der Waals surface area contributed by atoms with E-state index in [0.717, 1.165) is 38.2 Å². The molecular weight excluding hydrogens is 324 g/mol. The Kier molecular flexibility index (Phi) is 10.3. The molecule has 0 spiro atoms. The number of hydrogen-bond donors (Lipinski definition) is 2. The zero-order chi connectivity index (χ0) is 17.9. The first-order valence-electron chi connectivity index (χ1n) is 7.30. The van der Waals surface area contributed by atoms with E-state index in [4.69, 9.17) is 9.84 Å². The predicted molar refractivity (Wildman–Crippen MR) is 86.7 cm³/mol. The lowest BCUT2D eigenvalue weighted by atomic mass is 10.2. The molecule has 0 aliphatic carbocycles. The quantitative estimate of drug-likeness (QED) is 0.634. The second kappa shape index (κ2) is 11.1. The van der Waals surface area contributed by atoms with Crippen LogP contribution in [-0.4, -0.2) is 44.8 Å². The molecule has 1 aromatic rings. The largest absolute Gasteiger partial charge is 0.393 e. The lowest BCUT2D eigenvalue weighted by molar-refractivity contribution is -0.384. The molecule has 0 amide bonds. The summed E-state index contributed by atoms with van der Waals surface area (Å²) in [6, 6.07) is 4.66. The van der Waals surface area contributed by atoms with Crippen LogP contribution in [0, 0.1) is 10.1 Å². The number of sulfonamides is 1. The van der Waals surface area contributed by atoms with Crippen LogP contribution in [0.3, 0.4) is 0 Å². The second-order valence-electron chi connectivity index (χ2n) is 4.30. The molecule has 0 radical (unpaired) electrons. The van der Waals surface area contributed by atoms with Crippen molar-refractivity contribution in [2.45, 2.75) is 37.7 Å². The summed E-state index contributed by atoms with van der Waals surface area (Å²) in [7, 11) is -2.24. The molecule has 8 nitrogen and oxygen atoms in total. The van der Waals surface area contributed by atoms with Crippen LogP contribution in [0.15, 0.2) is 29.2 Å². The molecule has 1 aromatic carbocycles. The minimum atomic E-state index is -3.51. The van der Waals surface area contributed by atoms with Gasteiger partial charge < -0.3 is 9.84 Å². The molecule has 2 rings (SSSR count). The van der Waals surface area contributed by atoms with E-state index in [2.05, 4.69) is 4.72 Å². The van der Waals surface area contributed by atoms with Crippen molar-refractivity contribution in [1.82, 2.24) is 4.72 Å². The number of aliphatic hydroxyl groups is 1. The number of nitrogens with zero attached hydrogens (tertiary/aromatic N) is 1. The van der Waals surface area contributed by atoms with E-state index in [9.17, 15) is 18.5 Å². The van der Waals surface area contributed by atoms with Gasteiger partial charge in [-0.3, -0.25) is 10.1 Å². The summed E-state index contributed by atoms with van der Waals surface area (Å²) < 4.78 is 29.5. The van der Waals surface area contributed by atoms with Gasteiger partial charge in [-0.05, 0) is 32.0 Å². The lowest BCUT2D eigenvalue weighted by Crippen LogP contribution is -2.19. The molecule has 9 heteroatoms. The highest BCUT2D eigenvalue weighted by molar-refractivity contribution is 7.89. The Morgan fingerprint density at radius 2 is 1.70 bits per heavy atom. The molecule has 1 aliphatic heterocycles. The fourth-order valence-electron chi connectivity index (χ4n) is 1.55. The Balaban J connectivity index is 0.000000449. The molecule has 23 heavy (non-hydrogen) atoms. The van der Waals surface area contributed by atoms with Gasteiger partial charge in [0, 0.05) is 25.3 Å². The summed E-state index contributed by atoms with van der Waals surface area (Å²) >= 11 is 0. The number of rotatable bonds is 3.